The standard InChI is InChI=1S/C18H14N2/c1-13-6-5-11-20-17(12-19-18(13)20)16-10-4-8-14-7-2-3-9-15(14)16/h2-12H,1H3. The van der Waals surface area contributed by atoms with Crippen LogP contribution >= 0.6 is 0 Å². The van der Waals surface area contributed by atoms with E-state index < -0.39 is 0 Å². The number of aromatic nitrogens is 2. The molecule has 0 atom stereocenters. The number of nitrogens with zero attached hydrogens (tertiary/aromatic N) is 2. The molecule has 2 nitrogen and oxygen atoms in total. The zero-order valence-corrected chi connectivity index (χ0v) is 11.2. The first-order valence-electron chi connectivity index (χ1n) is 6.75. The Morgan fingerprint density at radius 3 is 2.70 bits per heavy atom. The van der Waals surface area contributed by atoms with E-state index in [4.69, 9.17) is 0 Å². The van der Waals surface area contributed by atoms with Crippen LogP contribution in [0.3, 0.4) is 0 Å². The van der Waals surface area contributed by atoms with Gasteiger partial charge in [-0.2, -0.15) is 0 Å². The fourth-order valence-electron chi connectivity index (χ4n) is 2.80. The van der Waals surface area contributed by atoms with Crippen LogP contribution in [-0.2, 0) is 0 Å². The van der Waals surface area contributed by atoms with Crippen molar-refractivity contribution in [3.05, 3.63) is 72.6 Å². The van der Waals surface area contributed by atoms with E-state index in [2.05, 4.69) is 77.1 Å². The van der Waals surface area contributed by atoms with Gasteiger partial charge >= 0.3 is 0 Å². The van der Waals surface area contributed by atoms with E-state index in [9.17, 15) is 0 Å². The van der Waals surface area contributed by atoms with Crippen LogP contribution in [-0.4, -0.2) is 9.38 Å². The monoisotopic (exact) mass is 258 g/mol. The summed E-state index contributed by atoms with van der Waals surface area (Å²) in [6.45, 7) is 2.09. The summed E-state index contributed by atoms with van der Waals surface area (Å²) in [6.07, 6.45) is 4.04. The highest BCUT2D eigenvalue weighted by Gasteiger charge is 2.09. The summed E-state index contributed by atoms with van der Waals surface area (Å²) < 4.78 is 2.16. The first-order valence-corrected chi connectivity index (χ1v) is 6.75. The Morgan fingerprint density at radius 1 is 0.900 bits per heavy atom. The molecular weight excluding hydrogens is 244 g/mol. The summed E-state index contributed by atoms with van der Waals surface area (Å²) in [5, 5.41) is 2.52. The number of pyridine rings is 1. The van der Waals surface area contributed by atoms with E-state index in [1.54, 1.807) is 0 Å². The molecule has 2 heteroatoms. The molecule has 0 aliphatic heterocycles. The van der Waals surface area contributed by atoms with Gasteiger partial charge in [-0.1, -0.05) is 48.5 Å². The molecule has 0 aliphatic rings. The molecule has 0 amide bonds. The minimum atomic E-state index is 1.02. The minimum Gasteiger partial charge on any atom is -0.299 e. The van der Waals surface area contributed by atoms with E-state index in [0.717, 1.165) is 11.3 Å². The summed E-state index contributed by atoms with van der Waals surface area (Å²) in [5.41, 5.74) is 4.58. The molecule has 0 fully saturated rings. The lowest BCUT2D eigenvalue weighted by Gasteiger charge is -2.07. The van der Waals surface area contributed by atoms with Crippen molar-refractivity contribution in [2.45, 2.75) is 6.92 Å². The van der Waals surface area contributed by atoms with Gasteiger partial charge in [0, 0.05) is 11.8 Å². The number of hydrogen-bond donors (Lipinski definition) is 0. The molecular formula is C18H14N2. The summed E-state index contributed by atoms with van der Waals surface area (Å²) in [5.74, 6) is 0. The highest BCUT2D eigenvalue weighted by molar-refractivity contribution is 5.96. The SMILES string of the molecule is Cc1cccn2c(-c3cccc4ccccc34)cnc12. The van der Waals surface area contributed by atoms with Crippen LogP contribution in [0.1, 0.15) is 5.56 Å². The van der Waals surface area contributed by atoms with Gasteiger partial charge < -0.3 is 0 Å². The van der Waals surface area contributed by atoms with Gasteiger partial charge in [0.2, 0.25) is 0 Å². The number of fused-ring (bicyclic) bond motifs is 2. The molecule has 0 aliphatic carbocycles. The van der Waals surface area contributed by atoms with Crippen molar-refractivity contribution in [2.24, 2.45) is 0 Å². The maximum atomic E-state index is 4.56. The molecule has 2 aromatic heterocycles. The molecule has 0 unspecified atom stereocenters. The molecule has 0 spiro atoms. The second kappa shape index (κ2) is 4.20. The molecule has 4 aromatic rings. The predicted molar refractivity (Wildman–Crippen MR) is 82.9 cm³/mol. The molecule has 0 bridgehead atoms. The van der Waals surface area contributed by atoms with Gasteiger partial charge in [-0.3, -0.25) is 4.40 Å². The van der Waals surface area contributed by atoms with Gasteiger partial charge in [0.15, 0.2) is 0 Å². The third-order valence-corrected chi connectivity index (χ3v) is 3.80. The number of rotatable bonds is 1. The molecule has 2 heterocycles. The van der Waals surface area contributed by atoms with Gasteiger partial charge in [0.05, 0.1) is 11.9 Å². The molecule has 20 heavy (non-hydrogen) atoms. The van der Waals surface area contributed by atoms with Crippen LogP contribution in [0.2, 0.25) is 0 Å². The normalized spacial score (nSPS) is 11.2. The van der Waals surface area contributed by atoms with Crippen LogP contribution in [0.25, 0.3) is 27.7 Å². The minimum absolute atomic E-state index is 1.02. The fourth-order valence-corrected chi connectivity index (χ4v) is 2.80. The van der Waals surface area contributed by atoms with Crippen LogP contribution in [0.5, 0.6) is 0 Å². The lowest BCUT2D eigenvalue weighted by molar-refractivity contribution is 1.17. The predicted octanol–water partition coefficient (Wildman–Crippen LogP) is 4.46. The van der Waals surface area contributed by atoms with Crippen molar-refractivity contribution in [2.75, 3.05) is 0 Å². The first-order chi connectivity index (χ1) is 9.84. The van der Waals surface area contributed by atoms with Gasteiger partial charge in [-0.15, -0.1) is 0 Å². The van der Waals surface area contributed by atoms with Crippen LogP contribution in [0.15, 0.2) is 67.0 Å². The Hall–Kier alpha value is -2.61. The van der Waals surface area contributed by atoms with Crippen molar-refractivity contribution in [3.8, 4) is 11.3 Å². The topological polar surface area (TPSA) is 17.3 Å². The van der Waals surface area contributed by atoms with Crippen molar-refractivity contribution >= 4 is 16.4 Å². The third-order valence-electron chi connectivity index (χ3n) is 3.80. The Labute approximate surface area is 117 Å². The fraction of sp³-hybridized carbons (Fsp3) is 0.0556. The summed E-state index contributed by atoms with van der Waals surface area (Å²) in [6, 6.07) is 19.0. The number of benzene rings is 2. The maximum absolute atomic E-state index is 4.56. The van der Waals surface area contributed by atoms with Gasteiger partial charge in [-0.05, 0) is 29.3 Å². The number of hydrogen-bond acceptors (Lipinski definition) is 1. The van der Waals surface area contributed by atoms with E-state index in [1.165, 1.54) is 21.9 Å². The quantitative estimate of drug-likeness (QED) is 0.492. The Morgan fingerprint density at radius 2 is 1.75 bits per heavy atom. The Bertz CT molecular complexity index is 914. The number of imidazole rings is 1. The Balaban J connectivity index is 2.09. The summed E-state index contributed by atoms with van der Waals surface area (Å²) >= 11 is 0. The van der Waals surface area contributed by atoms with Crippen LogP contribution in [0, 0.1) is 6.92 Å². The van der Waals surface area contributed by atoms with Crippen molar-refractivity contribution < 1.29 is 0 Å². The largest absolute Gasteiger partial charge is 0.299 e. The molecule has 0 saturated carbocycles. The second-order valence-corrected chi connectivity index (χ2v) is 5.05. The van der Waals surface area contributed by atoms with Crippen LogP contribution in [0.4, 0.5) is 0 Å². The molecule has 96 valence electrons. The zero-order chi connectivity index (χ0) is 13.5. The molecule has 2 aromatic carbocycles. The average molecular weight is 258 g/mol. The highest BCUT2D eigenvalue weighted by Crippen LogP contribution is 2.29. The van der Waals surface area contributed by atoms with E-state index in [1.807, 2.05) is 6.20 Å². The summed E-state index contributed by atoms with van der Waals surface area (Å²) in [4.78, 5) is 4.56. The molecule has 0 radical (unpaired) electrons. The highest BCUT2D eigenvalue weighted by atomic mass is 15.0. The van der Waals surface area contributed by atoms with Crippen molar-refractivity contribution in [1.82, 2.24) is 9.38 Å². The van der Waals surface area contributed by atoms with Crippen LogP contribution < -0.4 is 0 Å². The molecule has 0 saturated heterocycles. The zero-order valence-electron chi connectivity index (χ0n) is 11.2. The number of aryl methyl sites for hydroxylation is 1. The Kier molecular flexibility index (Phi) is 2.36. The average Bonchev–Trinajstić information content (AvgIpc) is 2.92. The lowest BCUT2D eigenvalue weighted by atomic mass is 10.0. The van der Waals surface area contributed by atoms with Gasteiger partial charge in [0.1, 0.15) is 5.65 Å². The maximum Gasteiger partial charge on any atom is 0.140 e. The van der Waals surface area contributed by atoms with E-state index in [0.29, 0.717) is 0 Å². The van der Waals surface area contributed by atoms with Gasteiger partial charge in [0.25, 0.3) is 0 Å². The van der Waals surface area contributed by atoms with E-state index >= 15 is 0 Å². The molecule has 0 N–H and O–H groups in total. The first kappa shape index (κ1) is 11.2. The van der Waals surface area contributed by atoms with Crippen molar-refractivity contribution in [3.63, 3.8) is 0 Å². The lowest BCUT2D eigenvalue weighted by Crippen LogP contribution is -1.90. The molecule has 4 rings (SSSR count). The van der Waals surface area contributed by atoms with Gasteiger partial charge in [-0.25, -0.2) is 4.98 Å². The van der Waals surface area contributed by atoms with Crippen molar-refractivity contribution in [1.29, 1.82) is 0 Å². The second-order valence-electron chi connectivity index (χ2n) is 5.05. The summed E-state index contributed by atoms with van der Waals surface area (Å²) in [7, 11) is 0. The van der Waals surface area contributed by atoms with E-state index in [-0.39, 0.29) is 0 Å². The third kappa shape index (κ3) is 1.55. The smallest absolute Gasteiger partial charge is 0.140 e.